The molecular weight excluding hydrogens is 470 g/mol. The number of hydrogen-bond acceptors (Lipinski definition) is 6. The largest absolute Gasteiger partial charge is 0.494 e. The lowest BCUT2D eigenvalue weighted by Gasteiger charge is -2.21. The molecule has 0 unspecified atom stereocenters. The molecule has 0 spiro atoms. The van der Waals surface area contributed by atoms with Crippen LogP contribution in [0.3, 0.4) is 0 Å². The van der Waals surface area contributed by atoms with Gasteiger partial charge in [0.15, 0.2) is 5.78 Å². The van der Waals surface area contributed by atoms with E-state index in [4.69, 9.17) is 14.2 Å². The Labute approximate surface area is 224 Å². The number of carbonyl (C=O) groups excluding carboxylic acids is 3. The summed E-state index contributed by atoms with van der Waals surface area (Å²) in [7, 11) is 1.59. The molecule has 1 aromatic rings. The second kappa shape index (κ2) is 19.6. The van der Waals surface area contributed by atoms with Crippen LogP contribution in [-0.4, -0.2) is 50.4 Å². The number of benzene rings is 1. The molecule has 1 aromatic carbocycles. The molecule has 0 radical (unpaired) electrons. The number of aryl methyl sites for hydroxylation is 1. The molecule has 0 saturated carbocycles. The summed E-state index contributed by atoms with van der Waals surface area (Å²) in [6.45, 7) is 19.0. The number of hydrogen-bond donors (Lipinski definition) is 1. The highest BCUT2D eigenvalue weighted by Gasteiger charge is 2.26. The Morgan fingerprint density at radius 2 is 1.54 bits per heavy atom. The molecule has 1 amide bonds. The molecule has 7 heteroatoms. The normalized spacial score (nSPS) is 12.4. The fourth-order valence-corrected chi connectivity index (χ4v) is 3.04. The quantitative estimate of drug-likeness (QED) is 0.222. The Morgan fingerprint density at radius 3 is 2.03 bits per heavy atom. The van der Waals surface area contributed by atoms with Crippen molar-refractivity contribution in [2.24, 2.45) is 17.8 Å². The second-order valence-electron chi connectivity index (χ2n) is 9.87. The Morgan fingerprint density at radius 1 is 0.946 bits per heavy atom. The molecule has 0 fully saturated rings. The van der Waals surface area contributed by atoms with Gasteiger partial charge in [0, 0.05) is 31.8 Å². The molecule has 0 heterocycles. The van der Waals surface area contributed by atoms with E-state index >= 15 is 0 Å². The van der Waals surface area contributed by atoms with Gasteiger partial charge in [0.1, 0.15) is 12.4 Å². The summed E-state index contributed by atoms with van der Waals surface area (Å²) in [4.78, 5) is 35.4. The van der Waals surface area contributed by atoms with Crippen molar-refractivity contribution >= 4 is 17.5 Å². The predicted molar refractivity (Wildman–Crippen MR) is 148 cm³/mol. The summed E-state index contributed by atoms with van der Waals surface area (Å²) in [5, 5.41) is 2.66. The Bertz CT molecular complexity index is 816. The van der Waals surface area contributed by atoms with E-state index in [-0.39, 0.29) is 36.2 Å². The second-order valence-corrected chi connectivity index (χ2v) is 9.87. The van der Waals surface area contributed by atoms with Crippen LogP contribution in [0.15, 0.2) is 36.6 Å². The van der Waals surface area contributed by atoms with Crippen molar-refractivity contribution in [3.8, 4) is 0 Å². The van der Waals surface area contributed by atoms with Crippen LogP contribution in [0.4, 0.5) is 0 Å². The van der Waals surface area contributed by atoms with E-state index in [0.717, 1.165) is 12.2 Å². The van der Waals surface area contributed by atoms with E-state index < -0.39 is 12.0 Å². The molecule has 0 aliphatic heterocycles. The standard InChI is InChI=1S/C16H29NO5.C14H20O/c1-11(2)15(16(20)17-12(3)13(4)18)10-14(19)6-7-22-9-8-21-5;1-5-13-6-8-14(9-7-13)10-15-12(4)11(2)3/h11-12,15H,6-10H2,1-5H3,(H,17,20);6-9,11H,4-5,10H2,1-3H3/t12-,15-;/m0./s1. The molecule has 0 saturated heterocycles. The first-order valence-electron chi connectivity index (χ1n) is 13.2. The van der Waals surface area contributed by atoms with Crippen LogP contribution in [-0.2, 0) is 41.6 Å². The van der Waals surface area contributed by atoms with Gasteiger partial charge in [-0.3, -0.25) is 14.4 Å². The third kappa shape index (κ3) is 16.0. The van der Waals surface area contributed by atoms with Gasteiger partial charge in [-0.25, -0.2) is 0 Å². The molecule has 0 aromatic heterocycles. The zero-order chi connectivity index (χ0) is 28.4. The van der Waals surface area contributed by atoms with Crippen LogP contribution in [0.25, 0.3) is 0 Å². The van der Waals surface area contributed by atoms with Gasteiger partial charge in [-0.2, -0.15) is 0 Å². The molecule has 0 aliphatic carbocycles. The smallest absolute Gasteiger partial charge is 0.224 e. The molecule has 210 valence electrons. The van der Waals surface area contributed by atoms with Crippen LogP contribution in [0.5, 0.6) is 0 Å². The van der Waals surface area contributed by atoms with Gasteiger partial charge < -0.3 is 19.5 Å². The minimum atomic E-state index is -0.527. The van der Waals surface area contributed by atoms with Crippen molar-refractivity contribution in [2.45, 2.75) is 80.4 Å². The number of nitrogens with one attached hydrogen (secondary N) is 1. The number of carbonyl (C=O) groups is 3. The average Bonchev–Trinajstić information content (AvgIpc) is 2.85. The maximum Gasteiger partial charge on any atom is 0.224 e. The number of rotatable bonds is 17. The van der Waals surface area contributed by atoms with Crippen molar-refractivity contribution in [1.29, 1.82) is 0 Å². The monoisotopic (exact) mass is 519 g/mol. The van der Waals surface area contributed by atoms with E-state index in [0.29, 0.717) is 32.3 Å². The molecule has 7 nitrogen and oxygen atoms in total. The topological polar surface area (TPSA) is 90.9 Å². The summed E-state index contributed by atoms with van der Waals surface area (Å²) in [5.74, 6) is 0.488. The lowest BCUT2D eigenvalue weighted by molar-refractivity contribution is -0.133. The lowest BCUT2D eigenvalue weighted by Crippen LogP contribution is -2.42. The van der Waals surface area contributed by atoms with Gasteiger partial charge in [0.25, 0.3) is 0 Å². The molecule has 2 atom stereocenters. The maximum atomic E-state index is 12.2. The highest BCUT2D eigenvalue weighted by Crippen LogP contribution is 2.17. The Hall–Kier alpha value is -2.51. The van der Waals surface area contributed by atoms with E-state index in [1.54, 1.807) is 14.0 Å². The summed E-state index contributed by atoms with van der Waals surface area (Å²) >= 11 is 0. The summed E-state index contributed by atoms with van der Waals surface area (Å²) in [6, 6.07) is 8.01. The van der Waals surface area contributed by atoms with Gasteiger partial charge in [-0.15, -0.1) is 0 Å². The maximum absolute atomic E-state index is 12.2. The summed E-state index contributed by atoms with van der Waals surface area (Å²) in [6.07, 6.45) is 1.53. The van der Waals surface area contributed by atoms with E-state index in [1.807, 2.05) is 13.8 Å². The fourth-order valence-electron chi connectivity index (χ4n) is 3.04. The highest BCUT2D eigenvalue weighted by atomic mass is 16.5. The third-order valence-electron chi connectivity index (χ3n) is 6.01. The van der Waals surface area contributed by atoms with Crippen molar-refractivity contribution in [1.82, 2.24) is 5.32 Å². The molecule has 37 heavy (non-hydrogen) atoms. The fraction of sp³-hybridized carbons (Fsp3) is 0.633. The average molecular weight is 520 g/mol. The first-order valence-corrected chi connectivity index (χ1v) is 13.2. The molecule has 1 N–H and O–H groups in total. The SMILES string of the molecule is C=C(OCc1ccc(CC)cc1)C(C)C.COCCOCCC(=O)C[C@H](C(=O)N[C@@H](C)C(C)=O)C(C)C. The van der Waals surface area contributed by atoms with Crippen molar-refractivity contribution in [2.75, 3.05) is 26.9 Å². The first kappa shape index (κ1) is 34.5. The van der Waals surface area contributed by atoms with Gasteiger partial charge in [-0.05, 0) is 37.3 Å². The Kier molecular flexibility index (Phi) is 18.3. The number of amides is 1. The number of allylic oxidation sites excluding steroid dienone is 1. The zero-order valence-corrected chi connectivity index (χ0v) is 24.2. The van der Waals surface area contributed by atoms with E-state index in [9.17, 15) is 14.4 Å². The van der Waals surface area contributed by atoms with Gasteiger partial charge >= 0.3 is 0 Å². The predicted octanol–water partition coefficient (Wildman–Crippen LogP) is 5.30. The molecular formula is C30H49NO6. The molecule has 0 aliphatic rings. The first-order chi connectivity index (χ1) is 17.4. The molecule has 1 rings (SSSR count). The number of Topliss-reactive ketones (excluding diaryl/α,β-unsaturated/α-hetero) is 2. The Balaban J connectivity index is 0.000000749. The van der Waals surface area contributed by atoms with E-state index in [1.165, 1.54) is 18.1 Å². The molecule has 0 bridgehead atoms. The van der Waals surface area contributed by atoms with Crippen LogP contribution in [0, 0.1) is 17.8 Å². The third-order valence-corrected chi connectivity index (χ3v) is 6.01. The zero-order valence-electron chi connectivity index (χ0n) is 24.2. The number of ether oxygens (including phenoxy) is 3. The van der Waals surface area contributed by atoms with Crippen LogP contribution in [0.1, 0.15) is 72.4 Å². The van der Waals surface area contributed by atoms with Crippen LogP contribution >= 0.6 is 0 Å². The summed E-state index contributed by atoms with van der Waals surface area (Å²) < 4.78 is 15.7. The van der Waals surface area contributed by atoms with E-state index in [2.05, 4.69) is 56.9 Å². The van der Waals surface area contributed by atoms with Gasteiger partial charge in [0.05, 0.1) is 31.6 Å². The minimum absolute atomic E-state index is 0.0123. The van der Waals surface area contributed by atoms with Gasteiger partial charge in [0.2, 0.25) is 5.91 Å². The summed E-state index contributed by atoms with van der Waals surface area (Å²) in [5.41, 5.74) is 2.57. The van der Waals surface area contributed by atoms with Crippen molar-refractivity contribution in [3.05, 3.63) is 47.7 Å². The lowest BCUT2D eigenvalue weighted by atomic mass is 9.89. The highest BCUT2D eigenvalue weighted by molar-refractivity contribution is 5.90. The van der Waals surface area contributed by atoms with Gasteiger partial charge in [-0.1, -0.05) is 65.5 Å². The van der Waals surface area contributed by atoms with Crippen molar-refractivity contribution in [3.63, 3.8) is 0 Å². The van der Waals surface area contributed by atoms with Crippen molar-refractivity contribution < 1.29 is 28.6 Å². The van der Waals surface area contributed by atoms with Crippen LogP contribution < -0.4 is 5.32 Å². The van der Waals surface area contributed by atoms with Crippen LogP contribution in [0.2, 0.25) is 0 Å². The number of ketones is 2. The number of methoxy groups -OCH3 is 1. The minimum Gasteiger partial charge on any atom is -0.494 e.